The van der Waals surface area contributed by atoms with E-state index in [1.54, 1.807) is 0 Å². The zero-order chi connectivity index (χ0) is 25.8. The molecule has 33 heavy (non-hydrogen) atoms. The topological polar surface area (TPSA) is 38.3 Å². The fourth-order valence-corrected chi connectivity index (χ4v) is 3.22. The summed E-state index contributed by atoms with van der Waals surface area (Å²) in [6.45, 7) is 24.5. The molecule has 0 aliphatic carbocycles. The minimum absolute atomic E-state index is 0.630. The Morgan fingerprint density at radius 3 is 1.88 bits per heavy atom. The molecule has 0 saturated heterocycles. The molecule has 2 aromatic rings. The molecule has 0 aliphatic heterocycles. The second-order valence-electron chi connectivity index (χ2n) is 7.23. The van der Waals surface area contributed by atoms with Crippen molar-refractivity contribution in [3.05, 3.63) is 35.0 Å². The van der Waals surface area contributed by atoms with Gasteiger partial charge in [-0.2, -0.15) is 0 Å². The average molecular weight is 460 g/mol. The van der Waals surface area contributed by atoms with Crippen molar-refractivity contribution < 1.29 is 4.74 Å². The molecule has 0 N–H and O–H groups in total. The Kier molecular flexibility index (Phi) is 20.5. The quantitative estimate of drug-likeness (QED) is 0.376. The number of anilines is 1. The van der Waals surface area contributed by atoms with Gasteiger partial charge in [-0.1, -0.05) is 75.2 Å². The fourth-order valence-electron chi connectivity index (χ4n) is 3.22. The number of pyridine rings is 2. The summed E-state index contributed by atoms with van der Waals surface area (Å²) in [5.41, 5.74) is 5.87. The Bertz CT molecular complexity index is 744. The summed E-state index contributed by atoms with van der Waals surface area (Å²) >= 11 is 0. The summed E-state index contributed by atoms with van der Waals surface area (Å²) in [4.78, 5) is 12.1. The maximum Gasteiger partial charge on any atom is 0.213 e. The highest BCUT2D eigenvalue weighted by molar-refractivity contribution is 5.69. The maximum absolute atomic E-state index is 5.59. The minimum atomic E-state index is 0.630. The van der Waals surface area contributed by atoms with E-state index in [-0.39, 0.29) is 0 Å². The van der Waals surface area contributed by atoms with Crippen LogP contribution in [0.5, 0.6) is 5.88 Å². The van der Waals surface area contributed by atoms with Gasteiger partial charge in [0.15, 0.2) is 0 Å². The minimum Gasteiger partial charge on any atom is -0.478 e. The lowest BCUT2D eigenvalue weighted by Gasteiger charge is -2.23. The zero-order valence-electron chi connectivity index (χ0n) is 23.9. The number of aromatic nitrogens is 2. The van der Waals surface area contributed by atoms with Gasteiger partial charge in [-0.15, -0.1) is 0 Å². The molecule has 0 bridgehead atoms. The van der Waals surface area contributed by atoms with Crippen molar-refractivity contribution in [3.63, 3.8) is 0 Å². The summed E-state index contributed by atoms with van der Waals surface area (Å²) in [6.07, 6.45) is 5.25. The molecule has 0 spiro atoms. The van der Waals surface area contributed by atoms with Gasteiger partial charge < -0.3 is 9.64 Å². The Labute approximate surface area is 206 Å². The van der Waals surface area contributed by atoms with Crippen molar-refractivity contribution in [2.24, 2.45) is 0 Å². The number of ether oxygens (including phenoxy) is 1. The van der Waals surface area contributed by atoms with Crippen LogP contribution in [0.15, 0.2) is 18.2 Å². The molecular formula is C29H53N3O. The van der Waals surface area contributed by atoms with Gasteiger partial charge in [-0.05, 0) is 56.4 Å². The monoisotopic (exact) mass is 459 g/mol. The molecule has 0 unspecified atom stereocenters. The Hall–Kier alpha value is -2.10. The molecule has 0 amide bonds. The van der Waals surface area contributed by atoms with E-state index in [1.807, 2.05) is 40.7 Å². The second kappa shape index (κ2) is 20.5. The van der Waals surface area contributed by atoms with E-state index in [0.717, 1.165) is 55.0 Å². The average Bonchev–Trinajstić information content (AvgIpc) is 2.86. The first-order chi connectivity index (χ1) is 16.0. The molecule has 2 heterocycles. The number of hydrogen-bond donors (Lipinski definition) is 0. The van der Waals surface area contributed by atoms with Crippen LogP contribution in [0.4, 0.5) is 5.82 Å². The molecule has 0 aliphatic rings. The third kappa shape index (κ3) is 10.6. The first-order valence-electron chi connectivity index (χ1n) is 13.4. The summed E-state index contributed by atoms with van der Waals surface area (Å²) in [5.74, 6) is 1.79. The highest BCUT2D eigenvalue weighted by atomic mass is 16.5. The molecule has 4 nitrogen and oxygen atoms in total. The number of aryl methyl sites for hydroxylation is 3. The molecule has 0 saturated carbocycles. The molecular weight excluding hydrogens is 406 g/mol. The lowest BCUT2D eigenvalue weighted by atomic mass is 9.98. The normalized spacial score (nSPS) is 9.45. The van der Waals surface area contributed by atoms with Crippen LogP contribution >= 0.6 is 0 Å². The molecule has 190 valence electrons. The highest BCUT2D eigenvalue weighted by Gasteiger charge is 2.17. The van der Waals surface area contributed by atoms with Gasteiger partial charge in [0.25, 0.3) is 0 Å². The number of hydrogen-bond acceptors (Lipinski definition) is 4. The SMILES string of the molecule is CC.CC.CCC.CCCc1cc(CC)c(-c2ccc(OCC)nc2CC)nc1N(C)CC. The molecule has 4 heteroatoms. The zero-order valence-corrected chi connectivity index (χ0v) is 23.9. The highest BCUT2D eigenvalue weighted by Crippen LogP contribution is 2.32. The lowest BCUT2D eigenvalue weighted by Crippen LogP contribution is -2.20. The molecule has 0 fully saturated rings. The first kappa shape index (κ1) is 33.1. The van der Waals surface area contributed by atoms with Crippen molar-refractivity contribution in [2.45, 2.75) is 108 Å². The van der Waals surface area contributed by atoms with Crippen LogP contribution in [0, 0.1) is 0 Å². The maximum atomic E-state index is 5.59. The van der Waals surface area contributed by atoms with E-state index in [9.17, 15) is 0 Å². The largest absolute Gasteiger partial charge is 0.478 e. The van der Waals surface area contributed by atoms with Crippen LogP contribution in [0.2, 0.25) is 0 Å². The van der Waals surface area contributed by atoms with Crippen LogP contribution in [0.3, 0.4) is 0 Å². The Morgan fingerprint density at radius 1 is 0.818 bits per heavy atom. The third-order valence-corrected chi connectivity index (χ3v) is 4.72. The fraction of sp³-hybridized carbons (Fsp3) is 0.655. The van der Waals surface area contributed by atoms with Gasteiger partial charge in [0.1, 0.15) is 5.82 Å². The summed E-state index contributed by atoms with van der Waals surface area (Å²) in [5, 5.41) is 0. The summed E-state index contributed by atoms with van der Waals surface area (Å²) < 4.78 is 5.59. The van der Waals surface area contributed by atoms with E-state index in [0.29, 0.717) is 12.5 Å². The number of nitrogens with zero attached hydrogens (tertiary/aromatic N) is 3. The van der Waals surface area contributed by atoms with Gasteiger partial charge in [0.2, 0.25) is 5.88 Å². The summed E-state index contributed by atoms with van der Waals surface area (Å²) in [6, 6.07) is 6.43. The van der Waals surface area contributed by atoms with Crippen molar-refractivity contribution >= 4 is 5.82 Å². The van der Waals surface area contributed by atoms with Crippen LogP contribution in [-0.2, 0) is 19.3 Å². The molecule has 0 radical (unpaired) electrons. The van der Waals surface area contributed by atoms with Gasteiger partial charge in [-0.25, -0.2) is 9.97 Å². The van der Waals surface area contributed by atoms with E-state index < -0.39 is 0 Å². The predicted octanol–water partition coefficient (Wildman–Crippen LogP) is 8.54. The van der Waals surface area contributed by atoms with Crippen molar-refractivity contribution in [1.82, 2.24) is 9.97 Å². The van der Waals surface area contributed by atoms with Crippen molar-refractivity contribution in [3.8, 4) is 17.1 Å². The van der Waals surface area contributed by atoms with E-state index in [2.05, 4.69) is 65.6 Å². The van der Waals surface area contributed by atoms with Crippen molar-refractivity contribution in [2.75, 3.05) is 25.1 Å². The Morgan fingerprint density at radius 2 is 1.42 bits per heavy atom. The van der Waals surface area contributed by atoms with E-state index >= 15 is 0 Å². The van der Waals surface area contributed by atoms with Crippen LogP contribution < -0.4 is 9.64 Å². The Balaban J connectivity index is 0. The van der Waals surface area contributed by atoms with Crippen LogP contribution in [0.1, 0.15) is 106 Å². The lowest BCUT2D eigenvalue weighted by molar-refractivity contribution is 0.326. The van der Waals surface area contributed by atoms with E-state index in [1.165, 1.54) is 17.5 Å². The molecule has 2 aromatic heterocycles. The smallest absolute Gasteiger partial charge is 0.213 e. The first-order valence-corrected chi connectivity index (χ1v) is 13.4. The van der Waals surface area contributed by atoms with Gasteiger partial charge >= 0.3 is 0 Å². The standard InChI is InChI=1S/C22H33N3O.C3H8.2C2H6/c1-7-12-17-15-16(8-2)21(24-22(17)25(6)10-4)18-13-14-20(26-11-5)23-19(18)9-3;1-3-2;2*1-2/h13-15H,7-12H2,1-6H3;3H2,1-2H3;2*1-2H3. The van der Waals surface area contributed by atoms with Crippen molar-refractivity contribution in [1.29, 1.82) is 0 Å². The molecule has 0 aromatic carbocycles. The van der Waals surface area contributed by atoms with Gasteiger partial charge in [0.05, 0.1) is 18.0 Å². The summed E-state index contributed by atoms with van der Waals surface area (Å²) in [7, 11) is 2.12. The van der Waals surface area contributed by atoms with Crippen LogP contribution in [-0.4, -0.2) is 30.2 Å². The number of rotatable bonds is 9. The predicted molar refractivity (Wildman–Crippen MR) is 149 cm³/mol. The third-order valence-electron chi connectivity index (χ3n) is 4.72. The molecule has 0 atom stereocenters. The van der Waals surface area contributed by atoms with E-state index in [4.69, 9.17) is 14.7 Å². The van der Waals surface area contributed by atoms with Gasteiger partial charge in [0, 0.05) is 25.2 Å². The van der Waals surface area contributed by atoms with Crippen LogP contribution in [0.25, 0.3) is 11.3 Å². The molecule has 2 rings (SSSR count). The van der Waals surface area contributed by atoms with Gasteiger partial charge in [-0.3, -0.25) is 0 Å². The second-order valence-corrected chi connectivity index (χ2v) is 7.23.